The van der Waals surface area contributed by atoms with E-state index in [1.807, 2.05) is 38.1 Å². The molecule has 1 aromatic carbocycles. The Balaban J connectivity index is 1.32. The van der Waals surface area contributed by atoms with Gasteiger partial charge in [0, 0.05) is 35.9 Å². The average Bonchev–Trinajstić information content (AvgIpc) is 3.28. The maximum absolute atomic E-state index is 12.4. The Bertz CT molecular complexity index is 1220. The predicted octanol–water partition coefficient (Wildman–Crippen LogP) is 4.56. The van der Waals surface area contributed by atoms with Gasteiger partial charge >= 0.3 is 0 Å². The summed E-state index contributed by atoms with van der Waals surface area (Å²) < 4.78 is 30.5. The van der Waals surface area contributed by atoms with Crippen molar-refractivity contribution in [1.29, 1.82) is 0 Å². The Kier molecular flexibility index (Phi) is 6.31. The Morgan fingerprint density at radius 2 is 2.03 bits per heavy atom. The molecule has 0 unspecified atom stereocenters. The second kappa shape index (κ2) is 9.41. The highest BCUT2D eigenvalue weighted by Gasteiger charge is 2.33. The van der Waals surface area contributed by atoms with Crippen molar-refractivity contribution in [2.75, 3.05) is 41.7 Å². The van der Waals surface area contributed by atoms with Gasteiger partial charge in [-0.15, -0.1) is 0 Å². The normalized spacial score (nSPS) is 18.1. The molecule has 10 heteroatoms. The first kappa shape index (κ1) is 23.5. The molecule has 8 nitrogen and oxygen atoms in total. The van der Waals surface area contributed by atoms with E-state index in [0.29, 0.717) is 35.9 Å². The van der Waals surface area contributed by atoms with E-state index in [2.05, 4.69) is 25.8 Å². The lowest BCUT2D eigenvalue weighted by molar-refractivity contribution is -0.124. The number of nitrogens with one attached hydrogen (secondary N) is 3. The molecule has 2 aliphatic heterocycles. The van der Waals surface area contributed by atoms with Crippen LogP contribution < -0.4 is 20.9 Å². The zero-order valence-electron chi connectivity index (χ0n) is 19.9. The fourth-order valence-corrected chi connectivity index (χ4v) is 4.77. The number of anilines is 4. The molecule has 186 valence electrons. The summed E-state index contributed by atoms with van der Waals surface area (Å²) in [5, 5.41) is 9.13. The van der Waals surface area contributed by atoms with Gasteiger partial charge < -0.3 is 25.3 Å². The van der Waals surface area contributed by atoms with Gasteiger partial charge in [0.15, 0.2) is 11.4 Å². The Morgan fingerprint density at radius 1 is 1.23 bits per heavy atom. The summed E-state index contributed by atoms with van der Waals surface area (Å²) in [6, 6.07) is 7.70. The molecule has 0 spiro atoms. The van der Waals surface area contributed by atoms with E-state index in [9.17, 15) is 13.6 Å². The number of hydrogen-bond acceptors (Lipinski definition) is 7. The van der Waals surface area contributed by atoms with Gasteiger partial charge in [-0.3, -0.25) is 4.79 Å². The Morgan fingerprint density at radius 3 is 2.80 bits per heavy atom. The monoisotopic (exact) mass is 484 g/mol. The third kappa shape index (κ3) is 5.07. The van der Waals surface area contributed by atoms with Gasteiger partial charge in [0.1, 0.15) is 5.52 Å². The highest BCUT2D eigenvalue weighted by atomic mass is 19.3. The van der Waals surface area contributed by atoms with Crippen molar-refractivity contribution in [3.8, 4) is 0 Å². The molecule has 0 bridgehead atoms. The highest BCUT2D eigenvalue weighted by Crippen LogP contribution is 2.36. The Labute approximate surface area is 202 Å². The largest absolute Gasteiger partial charge is 0.459 e. The van der Waals surface area contributed by atoms with E-state index < -0.39 is 11.8 Å². The number of halogens is 2. The summed E-state index contributed by atoms with van der Waals surface area (Å²) in [4.78, 5) is 23.9. The molecule has 5 rings (SSSR count). The summed E-state index contributed by atoms with van der Waals surface area (Å²) in [7, 11) is 0. The highest BCUT2D eigenvalue weighted by molar-refractivity contribution is 5.98. The number of aromatic nitrogens is 2. The molecular weight excluding hydrogens is 454 g/mol. The number of rotatable bonds is 7. The van der Waals surface area contributed by atoms with Crippen LogP contribution in [-0.4, -0.2) is 48.5 Å². The van der Waals surface area contributed by atoms with Crippen LogP contribution in [0, 0.1) is 11.3 Å². The molecule has 35 heavy (non-hydrogen) atoms. The van der Waals surface area contributed by atoms with Crippen LogP contribution in [0.3, 0.4) is 0 Å². The molecule has 2 aliphatic rings. The van der Waals surface area contributed by atoms with E-state index in [0.717, 1.165) is 48.7 Å². The van der Waals surface area contributed by atoms with Gasteiger partial charge in [-0.2, -0.15) is 4.98 Å². The Hall–Kier alpha value is -3.27. The first-order chi connectivity index (χ1) is 16.8. The number of furan rings is 1. The molecule has 0 saturated carbocycles. The van der Waals surface area contributed by atoms with Gasteiger partial charge in [0.05, 0.1) is 12.8 Å². The summed E-state index contributed by atoms with van der Waals surface area (Å²) >= 11 is 0. The first-order valence-electron chi connectivity index (χ1n) is 12.0. The van der Waals surface area contributed by atoms with Crippen LogP contribution in [0.15, 0.2) is 34.9 Å². The van der Waals surface area contributed by atoms with Crippen molar-refractivity contribution >= 4 is 40.1 Å². The van der Waals surface area contributed by atoms with Crippen molar-refractivity contribution < 1.29 is 18.0 Å². The van der Waals surface area contributed by atoms with Crippen LogP contribution in [0.1, 0.15) is 32.3 Å². The molecule has 0 atom stereocenters. The van der Waals surface area contributed by atoms with Crippen LogP contribution in [0.5, 0.6) is 0 Å². The smallest absolute Gasteiger partial charge is 0.250 e. The number of amides is 1. The van der Waals surface area contributed by atoms with E-state index in [1.165, 1.54) is 0 Å². The van der Waals surface area contributed by atoms with Gasteiger partial charge in [-0.1, -0.05) is 19.9 Å². The number of alkyl halides is 2. The summed E-state index contributed by atoms with van der Waals surface area (Å²) in [5.41, 5.74) is 3.57. The zero-order valence-corrected chi connectivity index (χ0v) is 19.9. The first-order valence-corrected chi connectivity index (χ1v) is 12.0. The van der Waals surface area contributed by atoms with Crippen LogP contribution >= 0.6 is 0 Å². The standard InChI is InChI=1S/C25H30F2N6O2/c1-25(2)12-16-3-4-17(11-19(16)30-23(25)34)29-24-31-18-7-10-35-21(18)22(32-24)33-8-5-15(6-9-33)13-28-14-20(26)27/h3-4,7,10-11,15,20,28H,5-6,8-9,12-14H2,1-2H3,(H,30,34)(H,29,31,32). The summed E-state index contributed by atoms with van der Waals surface area (Å²) in [5.74, 6) is 1.52. The van der Waals surface area contributed by atoms with E-state index in [4.69, 9.17) is 9.40 Å². The lowest BCUT2D eigenvalue weighted by Gasteiger charge is -2.33. The third-order valence-electron chi connectivity index (χ3n) is 6.79. The second-order valence-corrected chi connectivity index (χ2v) is 10.00. The van der Waals surface area contributed by atoms with Gasteiger partial charge in [-0.05, 0) is 49.4 Å². The number of benzene rings is 1. The minimum Gasteiger partial charge on any atom is -0.459 e. The maximum atomic E-state index is 12.4. The summed E-state index contributed by atoms with van der Waals surface area (Å²) in [6.45, 7) is 5.72. The lowest BCUT2D eigenvalue weighted by atomic mass is 9.81. The maximum Gasteiger partial charge on any atom is 0.250 e. The molecule has 4 heterocycles. The van der Waals surface area contributed by atoms with Crippen molar-refractivity contribution in [3.05, 3.63) is 36.1 Å². The molecule has 1 saturated heterocycles. The molecule has 3 aromatic rings. The molecule has 1 amide bonds. The van der Waals surface area contributed by atoms with E-state index >= 15 is 0 Å². The lowest BCUT2D eigenvalue weighted by Crippen LogP contribution is -2.38. The van der Waals surface area contributed by atoms with Crippen LogP contribution in [0.2, 0.25) is 0 Å². The van der Waals surface area contributed by atoms with Crippen molar-refractivity contribution in [2.45, 2.75) is 39.5 Å². The van der Waals surface area contributed by atoms with Crippen LogP contribution in [-0.2, 0) is 11.2 Å². The van der Waals surface area contributed by atoms with Crippen molar-refractivity contribution in [3.63, 3.8) is 0 Å². The van der Waals surface area contributed by atoms with Crippen LogP contribution in [0.4, 0.5) is 31.9 Å². The molecule has 3 N–H and O–H groups in total. The summed E-state index contributed by atoms with van der Waals surface area (Å²) in [6.07, 6.45) is 1.72. The molecule has 2 aromatic heterocycles. The van der Waals surface area contributed by atoms with Crippen molar-refractivity contribution in [2.24, 2.45) is 11.3 Å². The number of carbonyl (C=O) groups is 1. The topological polar surface area (TPSA) is 95.3 Å². The quantitative estimate of drug-likeness (QED) is 0.453. The fraction of sp³-hybridized carbons (Fsp3) is 0.480. The molecule has 0 aliphatic carbocycles. The number of hydrogen-bond donors (Lipinski definition) is 3. The molecule has 1 fully saturated rings. The van der Waals surface area contributed by atoms with E-state index in [-0.39, 0.29) is 12.5 Å². The SMILES string of the molecule is CC1(C)Cc2ccc(Nc3nc(N4CCC(CNCC(F)F)CC4)c4occc4n3)cc2NC1=O. The number of carbonyl (C=O) groups excluding carboxylic acids is 1. The number of nitrogens with zero attached hydrogens (tertiary/aromatic N) is 3. The molecular formula is C25H30F2N6O2. The third-order valence-corrected chi connectivity index (χ3v) is 6.79. The van der Waals surface area contributed by atoms with Crippen LogP contribution in [0.25, 0.3) is 11.1 Å². The average molecular weight is 485 g/mol. The minimum absolute atomic E-state index is 0.00770. The zero-order chi connectivity index (χ0) is 24.6. The van der Waals surface area contributed by atoms with Crippen molar-refractivity contribution in [1.82, 2.24) is 15.3 Å². The van der Waals surface area contributed by atoms with E-state index in [1.54, 1.807) is 6.26 Å². The fourth-order valence-electron chi connectivity index (χ4n) is 4.77. The second-order valence-electron chi connectivity index (χ2n) is 10.00. The predicted molar refractivity (Wildman–Crippen MR) is 131 cm³/mol. The molecule has 0 radical (unpaired) electrons. The number of piperidine rings is 1. The minimum atomic E-state index is -2.33. The van der Waals surface area contributed by atoms with Gasteiger partial charge in [0.25, 0.3) is 6.43 Å². The van der Waals surface area contributed by atoms with Gasteiger partial charge in [-0.25, -0.2) is 13.8 Å². The number of fused-ring (bicyclic) bond motifs is 2. The van der Waals surface area contributed by atoms with Gasteiger partial charge in [0.2, 0.25) is 11.9 Å².